The molecule has 110 valence electrons. The largest absolute Gasteiger partial charge is 0.342 e. The molecule has 1 fully saturated rings. The van der Waals surface area contributed by atoms with Crippen molar-refractivity contribution in [3.8, 4) is 0 Å². The molecule has 20 heavy (non-hydrogen) atoms. The Morgan fingerprint density at radius 2 is 2.10 bits per heavy atom. The number of aromatic nitrogens is 1. The van der Waals surface area contributed by atoms with E-state index in [-0.39, 0.29) is 11.8 Å². The summed E-state index contributed by atoms with van der Waals surface area (Å²) in [6.07, 6.45) is 1.58. The van der Waals surface area contributed by atoms with Crippen LogP contribution in [0.15, 0.2) is 5.38 Å². The number of hydrogen-bond acceptors (Lipinski definition) is 4. The predicted molar refractivity (Wildman–Crippen MR) is 78.3 cm³/mol. The van der Waals surface area contributed by atoms with E-state index in [1.165, 1.54) is 0 Å². The van der Waals surface area contributed by atoms with Gasteiger partial charge in [-0.15, -0.1) is 11.3 Å². The summed E-state index contributed by atoms with van der Waals surface area (Å²) in [5.74, 6) is -0.0296. The fraction of sp³-hybridized carbons (Fsp3) is 0.643. The first-order valence-corrected chi connectivity index (χ1v) is 7.90. The molecule has 1 aliphatic rings. The standard InChI is InChI=1S/C14H21N3O2S/c1-4-14(5-2)13(19)17(7-6-12(18)16-14)8-11-9-20-10(3)15-11/h9H,4-8H2,1-3H3,(H,16,18). The van der Waals surface area contributed by atoms with Crippen LogP contribution in [-0.4, -0.2) is 33.8 Å². The quantitative estimate of drug-likeness (QED) is 0.922. The first-order valence-electron chi connectivity index (χ1n) is 7.02. The predicted octanol–water partition coefficient (Wildman–Crippen LogP) is 1.86. The van der Waals surface area contributed by atoms with Gasteiger partial charge in [-0.1, -0.05) is 13.8 Å². The molecule has 0 aromatic carbocycles. The van der Waals surface area contributed by atoms with Crippen molar-refractivity contribution < 1.29 is 9.59 Å². The second-order valence-electron chi connectivity index (χ2n) is 5.17. The Kier molecular flexibility index (Phi) is 4.42. The van der Waals surface area contributed by atoms with Gasteiger partial charge in [-0.3, -0.25) is 9.59 Å². The maximum Gasteiger partial charge on any atom is 0.248 e. The van der Waals surface area contributed by atoms with E-state index in [1.807, 2.05) is 26.2 Å². The average molecular weight is 295 g/mol. The summed E-state index contributed by atoms with van der Waals surface area (Å²) in [7, 11) is 0. The Hall–Kier alpha value is -1.43. The van der Waals surface area contributed by atoms with Crippen molar-refractivity contribution in [2.75, 3.05) is 6.54 Å². The number of hydrogen-bond donors (Lipinski definition) is 1. The molecule has 1 N–H and O–H groups in total. The van der Waals surface area contributed by atoms with E-state index in [9.17, 15) is 9.59 Å². The molecular formula is C14H21N3O2S. The molecule has 2 heterocycles. The van der Waals surface area contributed by atoms with Gasteiger partial charge in [0.2, 0.25) is 11.8 Å². The van der Waals surface area contributed by atoms with Gasteiger partial charge in [0.15, 0.2) is 0 Å². The van der Waals surface area contributed by atoms with E-state index in [4.69, 9.17) is 0 Å². The molecule has 2 amide bonds. The Morgan fingerprint density at radius 1 is 1.40 bits per heavy atom. The summed E-state index contributed by atoms with van der Waals surface area (Å²) >= 11 is 1.58. The zero-order valence-electron chi connectivity index (χ0n) is 12.2. The van der Waals surface area contributed by atoms with Crippen LogP contribution in [0, 0.1) is 6.92 Å². The lowest BCUT2D eigenvalue weighted by atomic mass is 9.91. The van der Waals surface area contributed by atoms with Gasteiger partial charge in [0.25, 0.3) is 0 Å². The molecule has 2 rings (SSSR count). The van der Waals surface area contributed by atoms with Crippen LogP contribution in [0.1, 0.15) is 43.8 Å². The maximum atomic E-state index is 12.8. The molecule has 0 unspecified atom stereocenters. The van der Waals surface area contributed by atoms with Crippen molar-refractivity contribution in [1.82, 2.24) is 15.2 Å². The number of amides is 2. The van der Waals surface area contributed by atoms with Crippen LogP contribution in [0.3, 0.4) is 0 Å². The van der Waals surface area contributed by atoms with Crippen LogP contribution in [0.4, 0.5) is 0 Å². The average Bonchev–Trinajstić information content (AvgIpc) is 2.80. The van der Waals surface area contributed by atoms with Gasteiger partial charge in [-0.2, -0.15) is 0 Å². The molecular weight excluding hydrogens is 274 g/mol. The molecule has 0 aliphatic carbocycles. The van der Waals surface area contributed by atoms with Gasteiger partial charge in [-0.05, 0) is 19.8 Å². The fourth-order valence-corrected chi connectivity index (χ4v) is 3.18. The molecule has 0 saturated carbocycles. The SMILES string of the molecule is CCC1(CC)NC(=O)CCN(Cc2csc(C)n2)C1=O. The first-order chi connectivity index (χ1) is 9.50. The minimum Gasteiger partial charge on any atom is -0.342 e. The second kappa shape index (κ2) is 5.91. The van der Waals surface area contributed by atoms with E-state index in [0.717, 1.165) is 10.7 Å². The van der Waals surface area contributed by atoms with E-state index in [2.05, 4.69) is 10.3 Å². The summed E-state index contributed by atoms with van der Waals surface area (Å²) in [5.41, 5.74) is 0.148. The van der Waals surface area contributed by atoms with Crippen molar-refractivity contribution >= 4 is 23.2 Å². The molecule has 1 aliphatic heterocycles. The van der Waals surface area contributed by atoms with E-state index < -0.39 is 5.54 Å². The fourth-order valence-electron chi connectivity index (χ4n) is 2.58. The second-order valence-corrected chi connectivity index (χ2v) is 6.23. The summed E-state index contributed by atoms with van der Waals surface area (Å²) in [6, 6.07) is 0. The Morgan fingerprint density at radius 3 is 2.65 bits per heavy atom. The zero-order chi connectivity index (χ0) is 14.8. The van der Waals surface area contributed by atoms with Crippen molar-refractivity contribution in [2.24, 2.45) is 0 Å². The lowest BCUT2D eigenvalue weighted by Gasteiger charge is -2.33. The minimum absolute atomic E-state index is 0.0130. The van der Waals surface area contributed by atoms with Crippen LogP contribution in [0.5, 0.6) is 0 Å². The highest BCUT2D eigenvalue weighted by Gasteiger charge is 2.41. The molecule has 1 saturated heterocycles. The molecule has 5 nitrogen and oxygen atoms in total. The van der Waals surface area contributed by atoms with E-state index in [0.29, 0.717) is 32.4 Å². The first kappa shape index (κ1) is 15.0. The van der Waals surface area contributed by atoms with Crippen LogP contribution < -0.4 is 5.32 Å². The third-order valence-electron chi connectivity index (χ3n) is 3.91. The van der Waals surface area contributed by atoms with Crippen molar-refractivity contribution in [2.45, 2.75) is 52.1 Å². The number of thiazole rings is 1. The van der Waals surface area contributed by atoms with E-state index in [1.54, 1.807) is 16.2 Å². The summed E-state index contributed by atoms with van der Waals surface area (Å²) in [4.78, 5) is 30.8. The Balaban J connectivity index is 2.23. The summed E-state index contributed by atoms with van der Waals surface area (Å²) in [6.45, 7) is 6.78. The smallest absolute Gasteiger partial charge is 0.248 e. The highest BCUT2D eigenvalue weighted by atomic mass is 32.1. The minimum atomic E-state index is -0.751. The molecule has 1 aromatic heterocycles. The normalized spacial score (nSPS) is 18.9. The Labute approximate surface area is 123 Å². The maximum absolute atomic E-state index is 12.8. The summed E-state index contributed by atoms with van der Waals surface area (Å²) < 4.78 is 0. The lowest BCUT2D eigenvalue weighted by Crippen LogP contribution is -2.56. The van der Waals surface area contributed by atoms with E-state index >= 15 is 0 Å². The number of carbonyl (C=O) groups excluding carboxylic acids is 2. The highest BCUT2D eigenvalue weighted by molar-refractivity contribution is 7.09. The van der Waals surface area contributed by atoms with Crippen LogP contribution in [0.2, 0.25) is 0 Å². The van der Waals surface area contributed by atoms with Gasteiger partial charge < -0.3 is 10.2 Å². The Bertz CT molecular complexity index is 508. The number of rotatable bonds is 4. The number of nitrogens with one attached hydrogen (secondary N) is 1. The third kappa shape index (κ3) is 2.85. The summed E-state index contributed by atoms with van der Waals surface area (Å²) in [5, 5.41) is 5.88. The van der Waals surface area contributed by atoms with Crippen LogP contribution >= 0.6 is 11.3 Å². The van der Waals surface area contributed by atoms with Gasteiger partial charge in [0.05, 0.1) is 17.2 Å². The molecule has 1 aromatic rings. The lowest BCUT2D eigenvalue weighted by molar-refractivity contribution is -0.139. The highest BCUT2D eigenvalue weighted by Crippen LogP contribution is 2.23. The van der Waals surface area contributed by atoms with Crippen LogP contribution in [-0.2, 0) is 16.1 Å². The van der Waals surface area contributed by atoms with Crippen LogP contribution in [0.25, 0.3) is 0 Å². The molecule has 0 atom stereocenters. The molecule has 6 heteroatoms. The topological polar surface area (TPSA) is 62.3 Å². The third-order valence-corrected chi connectivity index (χ3v) is 4.73. The van der Waals surface area contributed by atoms with Gasteiger partial charge >= 0.3 is 0 Å². The monoisotopic (exact) mass is 295 g/mol. The van der Waals surface area contributed by atoms with Crippen molar-refractivity contribution in [1.29, 1.82) is 0 Å². The van der Waals surface area contributed by atoms with Crippen molar-refractivity contribution in [3.63, 3.8) is 0 Å². The van der Waals surface area contributed by atoms with Crippen molar-refractivity contribution in [3.05, 3.63) is 16.1 Å². The molecule has 0 bridgehead atoms. The zero-order valence-corrected chi connectivity index (χ0v) is 13.0. The molecule has 0 spiro atoms. The number of carbonyl (C=O) groups is 2. The number of aryl methyl sites for hydroxylation is 1. The van der Waals surface area contributed by atoms with Gasteiger partial charge in [0, 0.05) is 18.3 Å². The molecule has 0 radical (unpaired) electrons. The van der Waals surface area contributed by atoms with Gasteiger partial charge in [0.1, 0.15) is 5.54 Å². The van der Waals surface area contributed by atoms with Gasteiger partial charge in [-0.25, -0.2) is 4.98 Å². The number of nitrogens with zero attached hydrogens (tertiary/aromatic N) is 2.